The van der Waals surface area contributed by atoms with Gasteiger partial charge in [-0.1, -0.05) is 30.3 Å². The van der Waals surface area contributed by atoms with Gasteiger partial charge in [0, 0.05) is 24.5 Å². The molecule has 10 heteroatoms. The second kappa shape index (κ2) is 6.95. The number of alkyl halides is 3. The lowest BCUT2D eigenvalue weighted by atomic mass is 10.2. The molecule has 0 atom stereocenters. The maximum Gasteiger partial charge on any atom is 0.573 e. The monoisotopic (exact) mass is 397 g/mol. The summed E-state index contributed by atoms with van der Waals surface area (Å²) in [6, 6.07) is 13.2. The van der Waals surface area contributed by atoms with Gasteiger partial charge in [-0.2, -0.15) is 5.10 Å². The van der Waals surface area contributed by atoms with E-state index in [1.165, 1.54) is 23.0 Å². The first-order chi connectivity index (χ1) is 12.6. The number of aryl methyl sites for hydroxylation is 1. The molecule has 6 nitrogen and oxygen atoms in total. The maximum absolute atomic E-state index is 12.7. The number of anilines is 1. The summed E-state index contributed by atoms with van der Waals surface area (Å²) in [5.74, 6) is -0.447. The highest BCUT2D eigenvalue weighted by molar-refractivity contribution is 7.92. The van der Waals surface area contributed by atoms with Crippen molar-refractivity contribution in [1.82, 2.24) is 9.78 Å². The number of halogens is 3. The predicted molar refractivity (Wildman–Crippen MR) is 92.6 cm³/mol. The number of ether oxygens (including phenoxy) is 1. The van der Waals surface area contributed by atoms with Crippen LogP contribution >= 0.6 is 0 Å². The summed E-state index contributed by atoms with van der Waals surface area (Å²) in [4.78, 5) is -0.0492. The lowest BCUT2D eigenvalue weighted by molar-refractivity contribution is -0.274. The molecule has 0 radical (unpaired) electrons. The normalized spacial score (nSPS) is 12.0. The minimum absolute atomic E-state index is 0.0492. The molecule has 1 aromatic heterocycles. The Morgan fingerprint density at radius 2 is 1.67 bits per heavy atom. The molecule has 3 aromatic rings. The van der Waals surface area contributed by atoms with Gasteiger partial charge in [0.15, 0.2) is 0 Å². The molecule has 0 unspecified atom stereocenters. The Morgan fingerprint density at radius 3 is 2.26 bits per heavy atom. The van der Waals surface area contributed by atoms with Gasteiger partial charge in [0.25, 0.3) is 10.0 Å². The van der Waals surface area contributed by atoms with Crippen molar-refractivity contribution < 1.29 is 26.3 Å². The average molecular weight is 397 g/mol. The van der Waals surface area contributed by atoms with Crippen LogP contribution in [0.4, 0.5) is 18.9 Å². The molecular weight excluding hydrogens is 383 g/mol. The molecule has 27 heavy (non-hydrogen) atoms. The molecule has 0 bridgehead atoms. The fourth-order valence-electron chi connectivity index (χ4n) is 2.39. The van der Waals surface area contributed by atoms with Crippen molar-refractivity contribution in [2.75, 3.05) is 4.72 Å². The van der Waals surface area contributed by atoms with Crippen LogP contribution in [0, 0.1) is 0 Å². The van der Waals surface area contributed by atoms with Crippen LogP contribution in [0.5, 0.6) is 5.75 Å². The van der Waals surface area contributed by atoms with E-state index in [2.05, 4.69) is 14.6 Å². The van der Waals surface area contributed by atoms with E-state index < -0.39 is 22.1 Å². The number of benzene rings is 2. The van der Waals surface area contributed by atoms with Crippen molar-refractivity contribution in [2.24, 2.45) is 7.05 Å². The van der Waals surface area contributed by atoms with E-state index in [0.717, 1.165) is 12.1 Å². The number of hydrogen-bond acceptors (Lipinski definition) is 4. The highest BCUT2D eigenvalue weighted by atomic mass is 32.2. The summed E-state index contributed by atoms with van der Waals surface area (Å²) in [6.07, 6.45) is -3.47. The van der Waals surface area contributed by atoms with Crippen LogP contribution in [-0.4, -0.2) is 24.6 Å². The molecule has 0 aliphatic carbocycles. The predicted octanol–water partition coefficient (Wildman–Crippen LogP) is 3.79. The zero-order valence-corrected chi connectivity index (χ0v) is 14.8. The molecule has 0 fully saturated rings. The van der Waals surface area contributed by atoms with Crippen molar-refractivity contribution in [3.63, 3.8) is 0 Å². The number of nitrogens with one attached hydrogen (secondary N) is 1. The van der Waals surface area contributed by atoms with E-state index in [1.54, 1.807) is 37.4 Å². The number of rotatable bonds is 5. The van der Waals surface area contributed by atoms with Crippen LogP contribution in [0.3, 0.4) is 0 Å². The summed E-state index contributed by atoms with van der Waals surface area (Å²) < 4.78 is 69.6. The van der Waals surface area contributed by atoms with Gasteiger partial charge < -0.3 is 4.74 Å². The standard InChI is InChI=1S/C17H14F3N3O3S/c1-23-11-15(16(21-23)12-5-3-2-4-6-12)27(24,25)22-13-7-9-14(10-8-13)26-17(18,19)20/h2-11,22H,1H3. The Hall–Kier alpha value is -3.01. The SMILES string of the molecule is Cn1cc(S(=O)(=O)Nc2ccc(OC(F)(F)F)cc2)c(-c2ccccc2)n1. The minimum Gasteiger partial charge on any atom is -0.406 e. The first-order valence-corrected chi connectivity index (χ1v) is 9.10. The van der Waals surface area contributed by atoms with E-state index in [1.807, 2.05) is 0 Å². The van der Waals surface area contributed by atoms with Gasteiger partial charge >= 0.3 is 6.36 Å². The molecule has 0 aliphatic heterocycles. The van der Waals surface area contributed by atoms with Crippen molar-refractivity contribution in [3.8, 4) is 17.0 Å². The Kier molecular flexibility index (Phi) is 4.83. The Labute approximate surface area is 153 Å². The van der Waals surface area contributed by atoms with Crippen molar-refractivity contribution >= 4 is 15.7 Å². The fraction of sp³-hybridized carbons (Fsp3) is 0.118. The molecule has 0 amide bonds. The van der Waals surface area contributed by atoms with Crippen LogP contribution in [0.25, 0.3) is 11.3 Å². The molecule has 0 spiro atoms. The van der Waals surface area contributed by atoms with E-state index in [-0.39, 0.29) is 16.3 Å². The molecule has 0 saturated heterocycles. The largest absolute Gasteiger partial charge is 0.573 e. The number of nitrogens with zero attached hydrogens (tertiary/aromatic N) is 2. The fourth-order valence-corrected chi connectivity index (χ4v) is 3.66. The second-order valence-electron chi connectivity index (χ2n) is 5.56. The van der Waals surface area contributed by atoms with E-state index >= 15 is 0 Å². The van der Waals surface area contributed by atoms with Crippen molar-refractivity contribution in [3.05, 3.63) is 60.8 Å². The quantitative estimate of drug-likeness (QED) is 0.711. The summed E-state index contributed by atoms with van der Waals surface area (Å²) in [6.45, 7) is 0. The van der Waals surface area contributed by atoms with Gasteiger partial charge in [0.05, 0.1) is 0 Å². The third kappa shape index (κ3) is 4.59. The van der Waals surface area contributed by atoms with Crippen LogP contribution in [-0.2, 0) is 17.1 Å². The zero-order valence-electron chi connectivity index (χ0n) is 13.9. The third-order valence-corrected chi connectivity index (χ3v) is 4.85. The Morgan fingerprint density at radius 1 is 1.04 bits per heavy atom. The molecule has 2 aromatic carbocycles. The minimum atomic E-state index is -4.82. The van der Waals surface area contributed by atoms with Crippen LogP contribution in [0.15, 0.2) is 65.7 Å². The number of sulfonamides is 1. The van der Waals surface area contributed by atoms with Gasteiger partial charge in [0.1, 0.15) is 16.3 Å². The van der Waals surface area contributed by atoms with Gasteiger partial charge in [-0.15, -0.1) is 13.2 Å². The Bertz CT molecular complexity index is 1030. The first-order valence-electron chi connectivity index (χ1n) is 7.62. The van der Waals surface area contributed by atoms with Crippen LogP contribution in [0.1, 0.15) is 0 Å². The summed E-state index contributed by atoms with van der Waals surface area (Å²) in [7, 11) is -2.42. The molecule has 3 rings (SSSR count). The highest BCUT2D eigenvalue weighted by Gasteiger charge is 2.31. The average Bonchev–Trinajstić information content (AvgIpc) is 2.99. The third-order valence-electron chi connectivity index (χ3n) is 3.47. The van der Waals surface area contributed by atoms with Crippen LogP contribution < -0.4 is 9.46 Å². The van der Waals surface area contributed by atoms with Gasteiger partial charge in [-0.05, 0) is 24.3 Å². The summed E-state index contributed by atoms with van der Waals surface area (Å²) >= 11 is 0. The first kappa shape index (κ1) is 18.8. The number of hydrogen-bond donors (Lipinski definition) is 1. The van der Waals surface area contributed by atoms with Crippen molar-refractivity contribution in [1.29, 1.82) is 0 Å². The van der Waals surface area contributed by atoms with E-state index in [0.29, 0.717) is 5.56 Å². The second-order valence-corrected chi connectivity index (χ2v) is 7.21. The van der Waals surface area contributed by atoms with E-state index in [9.17, 15) is 21.6 Å². The topological polar surface area (TPSA) is 73.2 Å². The molecule has 0 aliphatic rings. The molecule has 142 valence electrons. The molecule has 1 heterocycles. The van der Waals surface area contributed by atoms with E-state index in [4.69, 9.17) is 0 Å². The van der Waals surface area contributed by atoms with Gasteiger partial charge in [0.2, 0.25) is 0 Å². The maximum atomic E-state index is 12.7. The Balaban J connectivity index is 1.88. The van der Waals surface area contributed by atoms with Crippen molar-refractivity contribution in [2.45, 2.75) is 11.3 Å². The molecular formula is C17H14F3N3O3S. The van der Waals surface area contributed by atoms with Gasteiger partial charge in [-0.25, -0.2) is 8.42 Å². The molecule has 1 N–H and O–H groups in total. The number of aromatic nitrogens is 2. The van der Waals surface area contributed by atoms with Gasteiger partial charge in [-0.3, -0.25) is 9.40 Å². The summed E-state index contributed by atoms with van der Waals surface area (Å²) in [5.41, 5.74) is 0.974. The smallest absolute Gasteiger partial charge is 0.406 e. The lowest BCUT2D eigenvalue weighted by Crippen LogP contribution is -2.17. The lowest BCUT2D eigenvalue weighted by Gasteiger charge is -2.11. The molecule has 0 saturated carbocycles. The van der Waals surface area contributed by atoms with Crippen LogP contribution in [0.2, 0.25) is 0 Å². The summed E-state index contributed by atoms with van der Waals surface area (Å²) in [5, 5.41) is 4.20. The zero-order chi connectivity index (χ0) is 19.7. The highest BCUT2D eigenvalue weighted by Crippen LogP contribution is 2.28.